The molecule has 0 spiro atoms. The van der Waals surface area contributed by atoms with Crippen molar-refractivity contribution >= 4 is 18.0 Å². The molecule has 1 amide bonds. The summed E-state index contributed by atoms with van der Waals surface area (Å²) in [6, 6.07) is 3.82. The van der Waals surface area contributed by atoms with Crippen LogP contribution in [0.5, 0.6) is 11.5 Å². The fourth-order valence-corrected chi connectivity index (χ4v) is 2.73. The Kier molecular flexibility index (Phi) is 7.26. The van der Waals surface area contributed by atoms with Gasteiger partial charge in [-0.05, 0) is 45.4 Å². The van der Waals surface area contributed by atoms with E-state index in [1.165, 1.54) is 32.0 Å². The molecule has 9 nitrogen and oxygen atoms in total. The number of aliphatic carboxylic acids is 1. The molecule has 0 fully saturated rings. The van der Waals surface area contributed by atoms with Gasteiger partial charge in [-0.3, -0.25) is 4.79 Å². The molecule has 0 heterocycles. The molecule has 156 valence electrons. The van der Waals surface area contributed by atoms with Gasteiger partial charge in [0.2, 0.25) is 0 Å². The highest BCUT2D eigenvalue weighted by Crippen LogP contribution is 2.29. The lowest BCUT2D eigenvalue weighted by Gasteiger charge is -2.33. The Balaban J connectivity index is 3.26. The minimum absolute atomic E-state index is 0.247. The highest BCUT2D eigenvalue weighted by Gasteiger charge is 2.43. The zero-order valence-electron chi connectivity index (χ0n) is 16.6. The number of phenols is 2. The van der Waals surface area contributed by atoms with Gasteiger partial charge in [0, 0.05) is 19.8 Å². The molecule has 28 heavy (non-hydrogen) atoms. The van der Waals surface area contributed by atoms with Crippen molar-refractivity contribution < 1.29 is 39.2 Å². The molecule has 1 aromatic rings. The van der Waals surface area contributed by atoms with Crippen LogP contribution in [0, 0.1) is 0 Å². The van der Waals surface area contributed by atoms with Crippen molar-refractivity contribution in [2.45, 2.75) is 64.7 Å². The number of hydrogen-bond acceptors (Lipinski definition) is 7. The first-order valence-corrected chi connectivity index (χ1v) is 8.67. The second kappa shape index (κ2) is 8.81. The lowest BCUT2D eigenvalue weighted by atomic mass is 9.85. The molecule has 0 aliphatic rings. The molecule has 0 saturated heterocycles. The van der Waals surface area contributed by atoms with Gasteiger partial charge in [-0.2, -0.15) is 0 Å². The second-order valence-corrected chi connectivity index (χ2v) is 7.64. The van der Waals surface area contributed by atoms with Crippen LogP contribution in [-0.4, -0.2) is 50.6 Å². The number of benzene rings is 1. The Morgan fingerprint density at radius 1 is 1.14 bits per heavy atom. The van der Waals surface area contributed by atoms with Gasteiger partial charge in [0.1, 0.15) is 17.2 Å². The number of alkyl carbamates (subject to hydrolysis) is 1. The first kappa shape index (κ1) is 23.1. The van der Waals surface area contributed by atoms with E-state index < -0.39 is 41.0 Å². The van der Waals surface area contributed by atoms with Crippen molar-refractivity contribution in [3.8, 4) is 11.5 Å². The summed E-state index contributed by atoms with van der Waals surface area (Å²) in [6.07, 6.45) is -2.27. The van der Waals surface area contributed by atoms with Crippen LogP contribution in [0.2, 0.25) is 0 Å². The summed E-state index contributed by atoms with van der Waals surface area (Å²) in [5, 5.41) is 31.4. The summed E-state index contributed by atoms with van der Waals surface area (Å²) in [5.74, 6) is -2.75. The average Bonchev–Trinajstić information content (AvgIpc) is 2.47. The van der Waals surface area contributed by atoms with Gasteiger partial charge in [-0.25, -0.2) is 9.59 Å². The largest absolute Gasteiger partial charge is 0.504 e. The van der Waals surface area contributed by atoms with E-state index in [9.17, 15) is 29.7 Å². The Morgan fingerprint density at radius 3 is 2.21 bits per heavy atom. The van der Waals surface area contributed by atoms with E-state index in [1.807, 2.05) is 0 Å². The van der Waals surface area contributed by atoms with Crippen molar-refractivity contribution in [3.63, 3.8) is 0 Å². The molecule has 0 bridgehead atoms. The van der Waals surface area contributed by atoms with Crippen LogP contribution in [-0.2, 0) is 25.5 Å². The Hall–Kier alpha value is -2.97. The van der Waals surface area contributed by atoms with E-state index >= 15 is 0 Å². The number of phenolic OH excluding ortho intramolecular Hbond substituents is 2. The normalized spacial score (nSPS) is 14.5. The third kappa shape index (κ3) is 6.98. The summed E-state index contributed by atoms with van der Waals surface area (Å²) in [5.41, 5.74) is -2.41. The molecule has 9 heteroatoms. The summed E-state index contributed by atoms with van der Waals surface area (Å²) in [7, 11) is 0. The van der Waals surface area contributed by atoms with Crippen LogP contribution in [0.3, 0.4) is 0 Å². The van der Waals surface area contributed by atoms with Gasteiger partial charge in [0.05, 0.1) is 0 Å². The van der Waals surface area contributed by atoms with Gasteiger partial charge in [0.25, 0.3) is 0 Å². The topological polar surface area (TPSA) is 142 Å². The van der Waals surface area contributed by atoms with E-state index in [0.29, 0.717) is 5.56 Å². The maximum Gasteiger partial charge on any atom is 0.408 e. The highest BCUT2D eigenvalue weighted by atomic mass is 16.6. The zero-order chi connectivity index (χ0) is 21.7. The monoisotopic (exact) mass is 397 g/mol. The minimum Gasteiger partial charge on any atom is -0.504 e. The molecule has 0 aliphatic heterocycles. The average molecular weight is 397 g/mol. The predicted molar refractivity (Wildman–Crippen MR) is 99.1 cm³/mol. The third-order valence-electron chi connectivity index (χ3n) is 3.70. The number of nitrogens with one attached hydrogen (secondary N) is 1. The molecule has 1 aromatic carbocycles. The Labute approximate surface area is 163 Å². The molecule has 4 N–H and O–H groups in total. The molecular formula is C19H27NO8. The van der Waals surface area contributed by atoms with Crippen LogP contribution in [0.25, 0.3) is 0 Å². The summed E-state index contributed by atoms with van der Waals surface area (Å²) in [6.45, 7) is 7.60. The van der Waals surface area contributed by atoms with E-state index in [2.05, 4.69) is 5.32 Å². The molecule has 0 aliphatic carbocycles. The summed E-state index contributed by atoms with van der Waals surface area (Å²) >= 11 is 0. The maximum absolute atomic E-state index is 12.3. The summed E-state index contributed by atoms with van der Waals surface area (Å²) < 4.78 is 10.2. The van der Waals surface area contributed by atoms with Gasteiger partial charge in [0.15, 0.2) is 11.5 Å². The number of carboxylic acid groups (broad SMARTS) is 1. The van der Waals surface area contributed by atoms with Crippen LogP contribution < -0.4 is 5.32 Å². The molecule has 0 radical (unpaired) electrons. The number of esters is 1. The van der Waals surface area contributed by atoms with Crippen LogP contribution >= 0.6 is 0 Å². The first-order valence-electron chi connectivity index (χ1n) is 8.67. The minimum atomic E-state index is -1.89. The Morgan fingerprint density at radius 2 is 1.75 bits per heavy atom. The maximum atomic E-state index is 12.3. The van der Waals surface area contributed by atoms with Crippen molar-refractivity contribution in [2.24, 2.45) is 0 Å². The number of rotatable bonds is 7. The van der Waals surface area contributed by atoms with Gasteiger partial charge in [-0.15, -0.1) is 0 Å². The van der Waals surface area contributed by atoms with Crippen molar-refractivity contribution in [1.82, 2.24) is 5.32 Å². The van der Waals surface area contributed by atoms with E-state index in [4.69, 9.17) is 9.47 Å². The fraction of sp³-hybridized carbons (Fsp3) is 0.526. The number of carbonyl (C=O) groups is 3. The standard InChI is InChI=1S/C19H27NO8/c1-11(27-12(2)21)9-19(16(24)25,20-17(26)28-18(3,4)5)10-13-6-7-14(22)15(23)8-13/h6-8,11,22-23H,9-10H2,1-5H3,(H,20,26)(H,24,25)/t11-,19?/m1/s1. The predicted octanol–water partition coefficient (Wildman–Crippen LogP) is 2.33. The number of hydrogen-bond donors (Lipinski definition) is 4. The lowest BCUT2D eigenvalue weighted by molar-refractivity contribution is -0.152. The van der Waals surface area contributed by atoms with Gasteiger partial charge < -0.3 is 30.1 Å². The van der Waals surface area contributed by atoms with Crippen molar-refractivity contribution in [2.75, 3.05) is 0 Å². The highest BCUT2D eigenvalue weighted by molar-refractivity contribution is 5.85. The van der Waals surface area contributed by atoms with E-state index in [0.717, 1.165) is 0 Å². The quantitative estimate of drug-likeness (QED) is 0.406. The molecular weight excluding hydrogens is 370 g/mol. The molecule has 0 saturated carbocycles. The number of carbonyl (C=O) groups excluding carboxylic acids is 2. The second-order valence-electron chi connectivity index (χ2n) is 7.64. The number of aromatic hydroxyl groups is 2. The summed E-state index contributed by atoms with van der Waals surface area (Å²) in [4.78, 5) is 35.7. The zero-order valence-corrected chi connectivity index (χ0v) is 16.6. The van der Waals surface area contributed by atoms with Gasteiger partial charge in [-0.1, -0.05) is 6.07 Å². The number of ether oxygens (including phenoxy) is 2. The smallest absolute Gasteiger partial charge is 0.408 e. The Bertz CT molecular complexity index is 740. The SMILES string of the molecule is CC(=O)O[C@H](C)CC(Cc1ccc(O)c(O)c1)(NC(=O)OC(C)(C)C)C(=O)O. The molecule has 1 rings (SSSR count). The molecule has 2 atom stereocenters. The number of carboxylic acids is 1. The molecule has 1 unspecified atom stereocenters. The van der Waals surface area contributed by atoms with Gasteiger partial charge >= 0.3 is 18.0 Å². The van der Waals surface area contributed by atoms with Crippen molar-refractivity contribution in [1.29, 1.82) is 0 Å². The first-order chi connectivity index (χ1) is 12.7. The fourth-order valence-electron chi connectivity index (χ4n) is 2.73. The number of amides is 1. The van der Waals surface area contributed by atoms with Crippen LogP contribution in [0.1, 0.15) is 46.6 Å². The van der Waals surface area contributed by atoms with Crippen molar-refractivity contribution in [3.05, 3.63) is 23.8 Å². The third-order valence-corrected chi connectivity index (χ3v) is 3.70. The van der Waals surface area contributed by atoms with E-state index in [1.54, 1.807) is 20.8 Å². The van der Waals surface area contributed by atoms with E-state index in [-0.39, 0.29) is 18.6 Å². The van der Waals surface area contributed by atoms with Crippen LogP contribution in [0.4, 0.5) is 4.79 Å². The van der Waals surface area contributed by atoms with Crippen LogP contribution in [0.15, 0.2) is 18.2 Å². The molecule has 0 aromatic heterocycles. The lowest BCUT2D eigenvalue weighted by Crippen LogP contribution is -2.58.